The Kier molecular flexibility index (Phi) is 7.70. The molecule has 6 nitrogen and oxygen atoms in total. The Morgan fingerprint density at radius 3 is 2.49 bits per heavy atom. The van der Waals surface area contributed by atoms with Gasteiger partial charge in [-0.25, -0.2) is 17.0 Å². The first-order valence-corrected chi connectivity index (χ1v) is 16.0. The zero-order valence-electron chi connectivity index (χ0n) is 21.1. The molecule has 3 aliphatic heterocycles. The van der Waals surface area contributed by atoms with Crippen LogP contribution in [0.3, 0.4) is 0 Å². The van der Waals surface area contributed by atoms with Crippen LogP contribution in [0.25, 0.3) is 10.8 Å². The van der Waals surface area contributed by atoms with Crippen molar-refractivity contribution >= 4 is 32.7 Å². The third-order valence-corrected chi connectivity index (χ3v) is 11.5. The number of ether oxygens (including phenoxy) is 1. The van der Waals surface area contributed by atoms with E-state index in [2.05, 4.69) is 31.8 Å². The number of hydrogen-bond acceptors (Lipinski definition) is 4. The molecule has 3 saturated heterocycles. The summed E-state index contributed by atoms with van der Waals surface area (Å²) in [6.45, 7) is 0.860. The van der Waals surface area contributed by atoms with Crippen molar-refractivity contribution in [2.45, 2.75) is 80.5 Å². The number of pyridine rings is 1. The minimum atomic E-state index is -1.18. The Hall–Kier alpha value is -2.13. The Morgan fingerprint density at radius 1 is 0.919 bits per heavy atom. The van der Waals surface area contributed by atoms with Crippen LogP contribution in [0.15, 0.2) is 71.9 Å². The summed E-state index contributed by atoms with van der Waals surface area (Å²) >= 11 is 0. The lowest BCUT2D eigenvalue weighted by Crippen LogP contribution is -2.47. The summed E-state index contributed by atoms with van der Waals surface area (Å²) in [5.74, 6) is 1.56. The maximum absolute atomic E-state index is 13.6. The molecule has 5 atom stereocenters. The van der Waals surface area contributed by atoms with E-state index in [1.165, 1.54) is 0 Å². The number of aromatic nitrogens is 1. The van der Waals surface area contributed by atoms with Crippen molar-refractivity contribution in [2.75, 3.05) is 12.3 Å². The van der Waals surface area contributed by atoms with Crippen molar-refractivity contribution in [3.05, 3.63) is 67.0 Å². The highest BCUT2D eigenvalue weighted by Gasteiger charge is 2.44. The van der Waals surface area contributed by atoms with Gasteiger partial charge < -0.3 is 4.74 Å². The normalized spacial score (nSPS) is 27.9. The third kappa shape index (κ3) is 5.39. The van der Waals surface area contributed by atoms with Crippen molar-refractivity contribution in [1.29, 1.82) is 0 Å². The largest absolute Gasteiger partial charge is 0.490 e. The fourth-order valence-corrected chi connectivity index (χ4v) is 9.73. The van der Waals surface area contributed by atoms with Crippen molar-refractivity contribution in [3.8, 4) is 5.75 Å². The van der Waals surface area contributed by atoms with Crippen LogP contribution in [0, 0.1) is 0 Å². The molecule has 0 saturated carbocycles. The summed E-state index contributed by atoms with van der Waals surface area (Å²) in [6.07, 6.45) is 11.8. The van der Waals surface area contributed by atoms with Gasteiger partial charge in [0.2, 0.25) is 0 Å². The Morgan fingerprint density at radius 2 is 1.68 bits per heavy atom. The van der Waals surface area contributed by atoms with Crippen LogP contribution in [0.5, 0.6) is 5.75 Å². The second-order valence-corrected chi connectivity index (χ2v) is 13.4. The molecule has 6 rings (SSSR count). The van der Waals surface area contributed by atoms with Gasteiger partial charge in [0.1, 0.15) is 22.8 Å². The average Bonchev–Trinajstić information content (AvgIpc) is 3.50. The quantitative estimate of drug-likeness (QED) is 0.375. The maximum atomic E-state index is 13.6. The molecule has 0 aliphatic carbocycles. The van der Waals surface area contributed by atoms with Crippen LogP contribution in [-0.4, -0.2) is 58.5 Å². The van der Waals surface area contributed by atoms with Gasteiger partial charge in [0.15, 0.2) is 0 Å². The molecule has 196 valence electrons. The molecule has 0 amide bonds. The molecule has 2 aromatic carbocycles. The summed E-state index contributed by atoms with van der Waals surface area (Å²) in [7, 11) is -2.14. The Bertz CT molecular complexity index is 1250. The van der Waals surface area contributed by atoms with E-state index < -0.39 is 22.0 Å². The second kappa shape index (κ2) is 11.3. The zero-order valence-corrected chi connectivity index (χ0v) is 22.7. The molecule has 5 unspecified atom stereocenters. The highest BCUT2D eigenvalue weighted by Crippen LogP contribution is 2.39. The summed E-state index contributed by atoms with van der Waals surface area (Å²) in [5, 5.41) is 2.20. The van der Waals surface area contributed by atoms with E-state index in [0.29, 0.717) is 17.8 Å². The van der Waals surface area contributed by atoms with Gasteiger partial charge in [0.25, 0.3) is 0 Å². The van der Waals surface area contributed by atoms with Crippen molar-refractivity contribution in [2.24, 2.45) is 0 Å². The van der Waals surface area contributed by atoms with E-state index in [1.54, 1.807) is 12.4 Å². The monoisotopic (exact) mass is 537 g/mol. The van der Waals surface area contributed by atoms with E-state index >= 15 is 0 Å². The van der Waals surface area contributed by atoms with E-state index in [-0.39, 0.29) is 12.1 Å². The minimum Gasteiger partial charge on any atom is -0.490 e. The number of benzene rings is 2. The van der Waals surface area contributed by atoms with Crippen molar-refractivity contribution in [1.82, 2.24) is 13.6 Å². The highest BCUT2D eigenvalue weighted by atomic mass is 32.2. The lowest BCUT2D eigenvalue weighted by molar-refractivity contribution is 0.0983. The zero-order chi connectivity index (χ0) is 25.2. The molecule has 0 N–H and O–H groups in total. The fourth-order valence-electron chi connectivity index (χ4n) is 6.46. The number of nitrogens with zero attached hydrogens (tertiary/aromatic N) is 3. The van der Waals surface area contributed by atoms with Gasteiger partial charge in [-0.2, -0.15) is 0 Å². The summed E-state index contributed by atoms with van der Waals surface area (Å²) < 4.78 is 37.7. The molecule has 4 heterocycles. The van der Waals surface area contributed by atoms with Gasteiger partial charge in [-0.15, -0.1) is 0 Å². The van der Waals surface area contributed by atoms with Crippen LogP contribution < -0.4 is 4.74 Å². The molecule has 0 radical (unpaired) electrons. The standard InChI is InChI=1S/C29H35N3O3S2/c33-36(32-24-12-13-25(32)21-27(20-24)35-26-14-16-30-17-15-26)19-5-9-23-8-4-18-31(23)37(34)29-11-3-7-22-6-1-2-10-28(22)29/h1-3,6-7,10-11,14-17,23-25,27H,4-5,8-9,12-13,18-21H2. The van der Waals surface area contributed by atoms with Gasteiger partial charge in [-0.3, -0.25) is 4.98 Å². The van der Waals surface area contributed by atoms with Crippen LogP contribution in [-0.2, 0) is 22.0 Å². The van der Waals surface area contributed by atoms with Crippen LogP contribution in [0.1, 0.15) is 51.4 Å². The van der Waals surface area contributed by atoms with E-state index in [4.69, 9.17) is 4.74 Å². The molecule has 3 aromatic rings. The summed E-state index contributed by atoms with van der Waals surface area (Å²) in [4.78, 5) is 4.97. The van der Waals surface area contributed by atoms with Gasteiger partial charge in [0, 0.05) is 55.7 Å². The SMILES string of the molecule is O=S(CCCC1CCCN1S(=O)c1cccc2ccccc12)N1C2CCC1CC(Oc1ccncc1)C2. The maximum Gasteiger partial charge on any atom is 0.128 e. The summed E-state index contributed by atoms with van der Waals surface area (Å²) in [5.41, 5.74) is 0. The molecule has 3 fully saturated rings. The molecule has 1 aromatic heterocycles. The highest BCUT2D eigenvalue weighted by molar-refractivity contribution is 7.83. The van der Waals surface area contributed by atoms with Gasteiger partial charge >= 0.3 is 0 Å². The van der Waals surface area contributed by atoms with Gasteiger partial charge in [0.05, 0.1) is 15.9 Å². The first-order valence-electron chi connectivity index (χ1n) is 13.6. The lowest BCUT2D eigenvalue weighted by Gasteiger charge is -2.37. The molecule has 0 spiro atoms. The molecule has 37 heavy (non-hydrogen) atoms. The van der Waals surface area contributed by atoms with Gasteiger partial charge in [-0.05, 0) is 67.5 Å². The smallest absolute Gasteiger partial charge is 0.128 e. The molecule has 3 aliphatic rings. The van der Waals surface area contributed by atoms with E-state index in [1.807, 2.05) is 36.4 Å². The molecule has 8 heteroatoms. The van der Waals surface area contributed by atoms with Crippen LogP contribution in [0.4, 0.5) is 0 Å². The predicted octanol–water partition coefficient (Wildman–Crippen LogP) is 5.24. The van der Waals surface area contributed by atoms with Crippen molar-refractivity contribution in [3.63, 3.8) is 0 Å². The topological polar surface area (TPSA) is 62.7 Å². The average molecular weight is 538 g/mol. The third-order valence-electron chi connectivity index (χ3n) is 8.14. The second-order valence-electron chi connectivity index (χ2n) is 10.5. The number of hydrogen-bond donors (Lipinski definition) is 0. The van der Waals surface area contributed by atoms with Crippen molar-refractivity contribution < 1.29 is 13.2 Å². The number of fused-ring (bicyclic) bond motifs is 3. The van der Waals surface area contributed by atoms with E-state index in [9.17, 15) is 8.42 Å². The fraction of sp³-hybridized carbons (Fsp3) is 0.483. The predicted molar refractivity (Wildman–Crippen MR) is 149 cm³/mol. The van der Waals surface area contributed by atoms with Crippen LogP contribution in [0.2, 0.25) is 0 Å². The van der Waals surface area contributed by atoms with E-state index in [0.717, 1.165) is 79.3 Å². The Labute approximate surface area is 224 Å². The molecule has 2 bridgehead atoms. The van der Waals surface area contributed by atoms with Gasteiger partial charge in [-0.1, -0.05) is 36.4 Å². The minimum absolute atomic E-state index is 0.184. The number of rotatable bonds is 9. The first kappa shape index (κ1) is 25.2. The first-order chi connectivity index (χ1) is 18.2. The number of piperidine rings is 1. The molecular weight excluding hydrogens is 502 g/mol. The Balaban J connectivity index is 1.03. The lowest BCUT2D eigenvalue weighted by atomic mass is 10.0. The molecular formula is C29H35N3O3S2. The summed E-state index contributed by atoms with van der Waals surface area (Å²) in [6, 6.07) is 19.0. The van der Waals surface area contributed by atoms with Crippen LogP contribution >= 0.6 is 0 Å².